The number of nitrogens with one attached hydrogen (secondary N) is 1. The van der Waals surface area contributed by atoms with Crippen LogP contribution in [-0.2, 0) is 0 Å². The Kier molecular flexibility index (Phi) is 5.45. The number of aryl methyl sites for hydroxylation is 1. The lowest BCUT2D eigenvalue weighted by molar-refractivity contribution is 0.103. The SMILES string of the molecule is Cc1ccc(-c2csc(NC(=O)c3sc4nc(N)c(C#N)c(-c5ccccc5)c4c3N)n2)cc1. The summed E-state index contributed by atoms with van der Waals surface area (Å²) < 4.78 is 0. The minimum absolute atomic E-state index is 0.102. The van der Waals surface area contributed by atoms with Crippen LogP contribution in [0.2, 0.25) is 0 Å². The van der Waals surface area contributed by atoms with Crippen molar-refractivity contribution in [2.45, 2.75) is 6.92 Å². The Morgan fingerprint density at radius 1 is 1.03 bits per heavy atom. The number of aromatic nitrogens is 2. The Morgan fingerprint density at radius 3 is 2.47 bits per heavy atom. The molecule has 166 valence electrons. The molecule has 0 radical (unpaired) electrons. The van der Waals surface area contributed by atoms with Gasteiger partial charge in [-0.15, -0.1) is 22.7 Å². The van der Waals surface area contributed by atoms with Crippen molar-refractivity contribution in [1.82, 2.24) is 9.97 Å². The summed E-state index contributed by atoms with van der Waals surface area (Å²) in [5, 5.41) is 15.5. The van der Waals surface area contributed by atoms with E-state index in [1.54, 1.807) is 0 Å². The van der Waals surface area contributed by atoms with Crippen LogP contribution >= 0.6 is 22.7 Å². The molecule has 0 spiro atoms. The molecule has 0 aliphatic heterocycles. The zero-order valence-electron chi connectivity index (χ0n) is 18.0. The summed E-state index contributed by atoms with van der Waals surface area (Å²) in [6.45, 7) is 2.02. The van der Waals surface area contributed by atoms with Crippen LogP contribution in [-0.4, -0.2) is 15.9 Å². The van der Waals surface area contributed by atoms with Crippen LogP contribution in [0.1, 0.15) is 20.8 Å². The van der Waals surface area contributed by atoms with Gasteiger partial charge >= 0.3 is 0 Å². The largest absolute Gasteiger partial charge is 0.397 e. The molecule has 0 saturated heterocycles. The van der Waals surface area contributed by atoms with Crippen molar-refractivity contribution in [3.8, 4) is 28.5 Å². The fraction of sp³-hybridized carbons (Fsp3) is 0.0400. The normalized spacial score (nSPS) is 10.8. The van der Waals surface area contributed by atoms with E-state index in [0.717, 1.165) is 33.7 Å². The molecule has 0 saturated carbocycles. The number of rotatable bonds is 4. The van der Waals surface area contributed by atoms with Gasteiger partial charge in [-0.1, -0.05) is 60.2 Å². The number of thiophene rings is 1. The maximum absolute atomic E-state index is 13.1. The van der Waals surface area contributed by atoms with E-state index in [1.165, 1.54) is 11.3 Å². The number of carbonyl (C=O) groups excluding carboxylic acids is 1. The van der Waals surface area contributed by atoms with Gasteiger partial charge in [0.2, 0.25) is 0 Å². The molecule has 2 aromatic carbocycles. The zero-order chi connectivity index (χ0) is 23.8. The molecule has 34 heavy (non-hydrogen) atoms. The molecule has 0 atom stereocenters. The van der Waals surface area contributed by atoms with E-state index < -0.39 is 0 Å². The molecular formula is C25H18N6OS2. The predicted octanol–water partition coefficient (Wildman–Crippen LogP) is 5.68. The highest BCUT2D eigenvalue weighted by atomic mass is 32.1. The molecule has 0 bridgehead atoms. The van der Waals surface area contributed by atoms with E-state index in [-0.39, 0.29) is 23.0 Å². The summed E-state index contributed by atoms with van der Waals surface area (Å²) >= 11 is 2.47. The topological polar surface area (TPSA) is 131 Å². The minimum Gasteiger partial charge on any atom is -0.397 e. The van der Waals surface area contributed by atoms with E-state index in [9.17, 15) is 10.1 Å². The molecule has 7 nitrogen and oxygen atoms in total. The smallest absolute Gasteiger partial charge is 0.269 e. The van der Waals surface area contributed by atoms with Crippen LogP contribution in [0.25, 0.3) is 32.6 Å². The standard InChI is InChI=1S/C25H18N6OS2/c1-13-7-9-14(10-8-13)17-12-33-25(29-17)31-23(32)21-20(27)19-18(15-5-3-2-4-6-15)16(11-26)22(28)30-24(19)34-21/h2-10,12H,27H2,1H3,(H2,28,30)(H,29,31,32). The van der Waals surface area contributed by atoms with Gasteiger partial charge in [0.15, 0.2) is 5.13 Å². The second kappa shape index (κ2) is 8.59. The van der Waals surface area contributed by atoms with Crippen LogP contribution in [0.15, 0.2) is 60.0 Å². The van der Waals surface area contributed by atoms with Gasteiger partial charge in [-0.2, -0.15) is 5.26 Å². The Bertz CT molecular complexity index is 1580. The molecule has 0 unspecified atom stereocenters. The van der Waals surface area contributed by atoms with Gasteiger partial charge in [0.25, 0.3) is 5.91 Å². The Hall–Kier alpha value is -4.26. The fourth-order valence-electron chi connectivity index (χ4n) is 3.69. The molecule has 5 rings (SSSR count). The number of nitrogens with zero attached hydrogens (tertiary/aromatic N) is 3. The van der Waals surface area contributed by atoms with E-state index in [0.29, 0.717) is 25.8 Å². The second-order valence-electron chi connectivity index (χ2n) is 7.61. The van der Waals surface area contributed by atoms with Crippen molar-refractivity contribution in [3.63, 3.8) is 0 Å². The number of fused-ring (bicyclic) bond motifs is 1. The Labute approximate surface area is 203 Å². The number of nitrogen functional groups attached to an aromatic ring is 2. The molecule has 0 fully saturated rings. The summed E-state index contributed by atoms with van der Waals surface area (Å²) in [5.74, 6) is -0.286. The first-order chi connectivity index (χ1) is 16.5. The second-order valence-corrected chi connectivity index (χ2v) is 9.47. The number of hydrogen-bond donors (Lipinski definition) is 3. The maximum atomic E-state index is 13.1. The van der Waals surface area contributed by atoms with Crippen LogP contribution in [0.5, 0.6) is 0 Å². The predicted molar refractivity (Wildman–Crippen MR) is 139 cm³/mol. The first-order valence-electron chi connectivity index (χ1n) is 10.3. The molecule has 1 amide bonds. The van der Waals surface area contributed by atoms with Crippen molar-refractivity contribution in [1.29, 1.82) is 5.26 Å². The molecule has 3 heterocycles. The number of thiazole rings is 1. The van der Waals surface area contributed by atoms with Crippen molar-refractivity contribution < 1.29 is 4.79 Å². The molecule has 3 aromatic heterocycles. The Morgan fingerprint density at radius 2 is 1.76 bits per heavy atom. The summed E-state index contributed by atoms with van der Waals surface area (Å²) in [7, 11) is 0. The molecular weight excluding hydrogens is 464 g/mol. The molecule has 9 heteroatoms. The van der Waals surface area contributed by atoms with Crippen LogP contribution in [0.4, 0.5) is 16.6 Å². The number of hydrogen-bond acceptors (Lipinski definition) is 8. The number of anilines is 3. The summed E-state index contributed by atoms with van der Waals surface area (Å²) in [4.78, 5) is 22.8. The molecule has 5 aromatic rings. The lowest BCUT2D eigenvalue weighted by Crippen LogP contribution is -2.11. The van der Waals surface area contributed by atoms with Crippen molar-refractivity contribution >= 4 is 55.4 Å². The third-order valence-corrected chi connectivity index (χ3v) is 7.21. The molecule has 5 N–H and O–H groups in total. The van der Waals surface area contributed by atoms with E-state index in [4.69, 9.17) is 11.5 Å². The van der Waals surface area contributed by atoms with E-state index >= 15 is 0 Å². The highest BCUT2D eigenvalue weighted by Crippen LogP contribution is 2.42. The monoisotopic (exact) mass is 482 g/mol. The average Bonchev–Trinajstić information content (AvgIpc) is 3.43. The first-order valence-corrected chi connectivity index (χ1v) is 12.0. The first kappa shape index (κ1) is 21.6. The highest BCUT2D eigenvalue weighted by molar-refractivity contribution is 7.21. The molecule has 0 aliphatic carbocycles. The fourth-order valence-corrected chi connectivity index (χ4v) is 5.41. The third kappa shape index (κ3) is 3.75. The van der Waals surface area contributed by atoms with Crippen LogP contribution in [0, 0.1) is 18.3 Å². The number of benzene rings is 2. The number of nitrogens with two attached hydrogens (primary N) is 2. The summed E-state index contributed by atoms with van der Waals surface area (Å²) in [5.41, 5.74) is 17.3. The van der Waals surface area contributed by atoms with Crippen molar-refractivity contribution in [3.05, 3.63) is 76.0 Å². The average molecular weight is 483 g/mol. The quantitative estimate of drug-likeness (QED) is 0.302. The zero-order valence-corrected chi connectivity index (χ0v) is 19.6. The van der Waals surface area contributed by atoms with Crippen molar-refractivity contribution in [2.24, 2.45) is 0 Å². The van der Waals surface area contributed by atoms with Crippen LogP contribution < -0.4 is 16.8 Å². The van der Waals surface area contributed by atoms with Gasteiger partial charge in [-0.3, -0.25) is 10.1 Å². The maximum Gasteiger partial charge on any atom is 0.269 e. The van der Waals surface area contributed by atoms with Gasteiger partial charge in [0.05, 0.1) is 11.4 Å². The van der Waals surface area contributed by atoms with Gasteiger partial charge in [0, 0.05) is 21.9 Å². The molecule has 0 aliphatic rings. The highest BCUT2D eigenvalue weighted by Gasteiger charge is 2.24. The van der Waals surface area contributed by atoms with Crippen LogP contribution in [0.3, 0.4) is 0 Å². The number of nitriles is 1. The summed E-state index contributed by atoms with van der Waals surface area (Å²) in [6.07, 6.45) is 0. The number of carbonyl (C=O) groups is 1. The lowest BCUT2D eigenvalue weighted by atomic mass is 9.97. The van der Waals surface area contributed by atoms with Gasteiger partial charge in [0.1, 0.15) is 27.2 Å². The van der Waals surface area contributed by atoms with E-state index in [1.807, 2.05) is 66.9 Å². The summed E-state index contributed by atoms with van der Waals surface area (Å²) in [6, 6.07) is 19.5. The van der Waals surface area contributed by atoms with Gasteiger partial charge in [-0.25, -0.2) is 9.97 Å². The van der Waals surface area contributed by atoms with Gasteiger partial charge < -0.3 is 11.5 Å². The Balaban J connectivity index is 1.54. The minimum atomic E-state index is -0.388. The van der Waals surface area contributed by atoms with Crippen molar-refractivity contribution in [2.75, 3.05) is 16.8 Å². The third-order valence-electron chi connectivity index (χ3n) is 5.36. The van der Waals surface area contributed by atoms with E-state index in [2.05, 4.69) is 21.4 Å². The lowest BCUT2D eigenvalue weighted by Gasteiger charge is -2.09. The number of amides is 1. The number of pyridine rings is 1. The van der Waals surface area contributed by atoms with Gasteiger partial charge in [-0.05, 0) is 12.5 Å².